The zero-order valence-corrected chi connectivity index (χ0v) is 13.7. The number of ether oxygens (including phenoxy) is 1. The smallest absolute Gasteiger partial charge is 0.284 e. The lowest BCUT2D eigenvalue weighted by Crippen LogP contribution is -2.33. The highest BCUT2D eigenvalue weighted by molar-refractivity contribution is 6.14. The van der Waals surface area contributed by atoms with E-state index in [9.17, 15) is 9.59 Å². The van der Waals surface area contributed by atoms with Crippen molar-refractivity contribution >= 4 is 17.5 Å². The van der Waals surface area contributed by atoms with Crippen molar-refractivity contribution in [3.8, 4) is 5.88 Å². The van der Waals surface area contributed by atoms with Crippen molar-refractivity contribution in [1.82, 2.24) is 15.1 Å². The van der Waals surface area contributed by atoms with E-state index < -0.39 is 5.91 Å². The van der Waals surface area contributed by atoms with Crippen LogP contribution < -0.4 is 10.1 Å². The maximum atomic E-state index is 12.4. The monoisotopic (exact) mass is 326 g/mol. The normalized spacial score (nSPS) is 21.0. The number of nitrogens with one attached hydrogen (secondary N) is 1. The van der Waals surface area contributed by atoms with Crippen molar-refractivity contribution in [3.63, 3.8) is 0 Å². The predicted octanol–water partition coefficient (Wildman–Crippen LogP) is 1.55. The van der Waals surface area contributed by atoms with E-state index in [-0.39, 0.29) is 17.7 Å². The Hall–Kier alpha value is -2.96. The number of nitrogens with zero attached hydrogens (tertiary/aromatic N) is 3. The minimum atomic E-state index is -0.441. The molecule has 24 heavy (non-hydrogen) atoms. The second-order valence-corrected chi connectivity index (χ2v) is 5.57. The molecule has 0 radical (unpaired) electrons. The van der Waals surface area contributed by atoms with Crippen molar-refractivity contribution in [3.05, 3.63) is 47.3 Å². The topological polar surface area (TPSA) is 85.6 Å². The Morgan fingerprint density at radius 1 is 1.46 bits per heavy atom. The number of allylic oxidation sites excluding steroid dienone is 3. The van der Waals surface area contributed by atoms with Crippen LogP contribution in [-0.2, 0) is 11.8 Å². The summed E-state index contributed by atoms with van der Waals surface area (Å²) in [5, 5.41) is 6.86. The molecule has 1 aliphatic heterocycles. The Kier molecular flexibility index (Phi) is 4.16. The number of hydrogen-bond donors (Lipinski definition) is 1. The minimum Gasteiger partial charge on any atom is -0.479 e. The highest BCUT2D eigenvalue weighted by Gasteiger charge is 2.25. The van der Waals surface area contributed by atoms with Crippen LogP contribution in [0.1, 0.15) is 23.7 Å². The van der Waals surface area contributed by atoms with Crippen molar-refractivity contribution in [2.75, 3.05) is 7.11 Å². The Morgan fingerprint density at radius 3 is 2.96 bits per heavy atom. The Bertz CT molecular complexity index is 827. The second kappa shape index (κ2) is 6.27. The fourth-order valence-corrected chi connectivity index (χ4v) is 2.80. The second-order valence-electron chi connectivity index (χ2n) is 5.57. The van der Waals surface area contributed by atoms with Gasteiger partial charge in [0, 0.05) is 30.9 Å². The molecule has 1 unspecified atom stereocenters. The van der Waals surface area contributed by atoms with Gasteiger partial charge in [0.2, 0.25) is 11.8 Å². The molecule has 2 amide bonds. The van der Waals surface area contributed by atoms with Gasteiger partial charge in [0.25, 0.3) is 5.91 Å². The quantitative estimate of drug-likeness (QED) is 0.913. The van der Waals surface area contributed by atoms with E-state index in [0.29, 0.717) is 11.3 Å². The molecular weight excluding hydrogens is 308 g/mol. The Morgan fingerprint density at radius 2 is 2.25 bits per heavy atom. The van der Waals surface area contributed by atoms with Gasteiger partial charge in [-0.25, -0.2) is 4.99 Å². The first kappa shape index (κ1) is 15.9. The van der Waals surface area contributed by atoms with Gasteiger partial charge in [0.15, 0.2) is 0 Å². The van der Waals surface area contributed by atoms with Crippen LogP contribution in [0.15, 0.2) is 46.8 Å². The molecule has 2 heterocycles. The average molecular weight is 326 g/mol. The van der Waals surface area contributed by atoms with Crippen LogP contribution in [0.25, 0.3) is 0 Å². The van der Waals surface area contributed by atoms with Gasteiger partial charge in [-0.15, -0.1) is 5.10 Å². The van der Waals surface area contributed by atoms with Gasteiger partial charge in [-0.2, -0.15) is 0 Å². The van der Waals surface area contributed by atoms with Gasteiger partial charge in [-0.05, 0) is 18.6 Å². The van der Waals surface area contributed by atoms with E-state index in [4.69, 9.17) is 4.74 Å². The summed E-state index contributed by atoms with van der Waals surface area (Å²) in [5.41, 5.74) is 2.56. The highest BCUT2D eigenvalue weighted by Crippen LogP contribution is 2.29. The summed E-state index contributed by atoms with van der Waals surface area (Å²) in [5.74, 6) is -0.318. The van der Waals surface area contributed by atoms with E-state index in [1.165, 1.54) is 11.8 Å². The van der Waals surface area contributed by atoms with Crippen molar-refractivity contribution in [2.24, 2.45) is 18.0 Å². The first-order chi connectivity index (χ1) is 11.5. The third-order valence-corrected chi connectivity index (χ3v) is 3.94. The molecule has 7 heteroatoms. The molecule has 0 bridgehead atoms. The molecule has 2 aliphatic rings. The van der Waals surface area contributed by atoms with Crippen LogP contribution in [0.3, 0.4) is 0 Å². The molecule has 0 aromatic carbocycles. The van der Waals surface area contributed by atoms with Gasteiger partial charge in [0.1, 0.15) is 5.56 Å². The summed E-state index contributed by atoms with van der Waals surface area (Å²) >= 11 is 0. The zero-order chi connectivity index (χ0) is 17.3. The molecule has 0 fully saturated rings. The van der Waals surface area contributed by atoms with E-state index in [0.717, 1.165) is 17.7 Å². The molecule has 0 saturated heterocycles. The first-order valence-electron chi connectivity index (χ1n) is 7.63. The number of rotatable bonds is 3. The lowest BCUT2D eigenvalue weighted by Gasteiger charge is -2.26. The Labute approximate surface area is 139 Å². The number of amides is 2. The van der Waals surface area contributed by atoms with Crippen molar-refractivity contribution < 1.29 is 14.3 Å². The van der Waals surface area contributed by atoms with E-state index >= 15 is 0 Å². The molecule has 0 spiro atoms. The van der Waals surface area contributed by atoms with Gasteiger partial charge < -0.3 is 10.1 Å². The van der Waals surface area contributed by atoms with E-state index in [1.807, 2.05) is 13.0 Å². The van der Waals surface area contributed by atoms with Crippen LogP contribution in [0.5, 0.6) is 5.88 Å². The third-order valence-electron chi connectivity index (χ3n) is 3.94. The summed E-state index contributed by atoms with van der Waals surface area (Å²) in [7, 11) is 3.16. The standard InChI is InChI=1S/C17H18N4O3/c1-4-10-7-15(22)19-14-8-11(5-6-12(10)14)18-16(23)13-9-21(2)20-17(13)24-3/h5-9,12H,4H2,1-3H3,(H,19,22). The molecule has 3 rings (SSSR count). The minimum absolute atomic E-state index is 0.0367. The maximum absolute atomic E-state index is 12.4. The molecule has 7 nitrogen and oxygen atoms in total. The van der Waals surface area contributed by atoms with Gasteiger partial charge in [-0.1, -0.05) is 18.6 Å². The summed E-state index contributed by atoms with van der Waals surface area (Å²) in [4.78, 5) is 28.2. The van der Waals surface area contributed by atoms with Crippen LogP contribution in [0.4, 0.5) is 0 Å². The molecule has 1 N–H and O–H groups in total. The highest BCUT2D eigenvalue weighted by atomic mass is 16.5. The fourth-order valence-electron chi connectivity index (χ4n) is 2.80. The van der Waals surface area contributed by atoms with Crippen LogP contribution in [0, 0.1) is 5.92 Å². The Balaban J connectivity index is 1.89. The first-order valence-corrected chi connectivity index (χ1v) is 7.63. The number of carbonyl (C=O) groups is 2. The number of hydrogen-bond acceptors (Lipinski definition) is 4. The zero-order valence-electron chi connectivity index (χ0n) is 13.7. The van der Waals surface area contributed by atoms with Crippen LogP contribution >= 0.6 is 0 Å². The summed E-state index contributed by atoms with van der Waals surface area (Å²) in [6, 6.07) is 0. The van der Waals surface area contributed by atoms with Gasteiger partial charge in [0.05, 0.1) is 12.8 Å². The number of aryl methyl sites for hydroxylation is 1. The summed E-state index contributed by atoms with van der Waals surface area (Å²) in [6.45, 7) is 2.01. The maximum Gasteiger partial charge on any atom is 0.284 e. The largest absolute Gasteiger partial charge is 0.479 e. The molecule has 1 aromatic rings. The number of carbonyl (C=O) groups excluding carboxylic acids is 2. The van der Waals surface area contributed by atoms with Crippen LogP contribution in [0.2, 0.25) is 0 Å². The number of aromatic nitrogens is 2. The SMILES string of the molecule is CCC1=CC(=O)NC2=CC(=NC(=O)c3cn(C)nc3OC)C=CC12. The molecular formula is C17H18N4O3. The number of fused-ring (bicyclic) bond motifs is 1. The number of aliphatic imine (C=N–C) groups is 1. The third kappa shape index (κ3) is 2.92. The van der Waals surface area contributed by atoms with Crippen molar-refractivity contribution in [2.45, 2.75) is 13.3 Å². The number of methoxy groups -OCH3 is 1. The molecule has 0 saturated carbocycles. The van der Waals surface area contributed by atoms with Crippen LogP contribution in [-0.4, -0.2) is 34.4 Å². The predicted molar refractivity (Wildman–Crippen MR) is 88.8 cm³/mol. The van der Waals surface area contributed by atoms with E-state index in [2.05, 4.69) is 15.4 Å². The lowest BCUT2D eigenvalue weighted by molar-refractivity contribution is -0.116. The molecule has 124 valence electrons. The molecule has 1 aliphatic carbocycles. The molecule has 1 atom stereocenters. The van der Waals surface area contributed by atoms with Crippen molar-refractivity contribution in [1.29, 1.82) is 0 Å². The fraction of sp³-hybridized carbons (Fsp3) is 0.294. The van der Waals surface area contributed by atoms with Gasteiger partial charge >= 0.3 is 0 Å². The average Bonchev–Trinajstić information content (AvgIpc) is 2.94. The summed E-state index contributed by atoms with van der Waals surface area (Å²) in [6.07, 6.45) is 9.44. The lowest BCUT2D eigenvalue weighted by atomic mass is 9.86. The van der Waals surface area contributed by atoms with E-state index in [1.54, 1.807) is 31.5 Å². The summed E-state index contributed by atoms with van der Waals surface area (Å²) < 4.78 is 6.58. The van der Waals surface area contributed by atoms with Gasteiger partial charge in [-0.3, -0.25) is 14.3 Å². The molecule has 1 aromatic heterocycles.